The van der Waals surface area contributed by atoms with E-state index in [0.717, 1.165) is 28.4 Å². The Morgan fingerprint density at radius 1 is 1.09 bits per heavy atom. The van der Waals surface area contributed by atoms with E-state index in [2.05, 4.69) is 0 Å². The van der Waals surface area contributed by atoms with Crippen LogP contribution in [0.25, 0.3) is 0 Å². The van der Waals surface area contributed by atoms with E-state index in [9.17, 15) is 13.2 Å². The number of carbonyl (C=O) groups is 1. The van der Waals surface area contributed by atoms with Gasteiger partial charge in [-0.15, -0.1) is 0 Å². The Kier molecular flexibility index (Phi) is 7.82. The summed E-state index contributed by atoms with van der Waals surface area (Å²) in [6.45, 7) is 1.52. The molecule has 1 amide bonds. The summed E-state index contributed by atoms with van der Waals surface area (Å²) in [5.74, 6) is -0.260. The number of sulfonamides is 1. The zero-order valence-electron chi connectivity index (χ0n) is 18.9. The van der Waals surface area contributed by atoms with Crippen molar-refractivity contribution in [2.75, 3.05) is 46.2 Å². The standard InChI is InChI=1S/C23H30ClN3O4S/c1-25(2)19-10-7-17(8-11-19)15-27(16-20-6-5-13-31-20)23(28)18-9-12-21(24)22(14-18)32(29,30)26(3)4/h7-12,14,20H,5-6,13,15-16H2,1-4H3/t20-/m0/s1. The van der Waals surface area contributed by atoms with Crippen LogP contribution in [0.1, 0.15) is 28.8 Å². The normalized spacial score (nSPS) is 16.4. The van der Waals surface area contributed by atoms with Crippen LogP contribution in [0.3, 0.4) is 0 Å². The fourth-order valence-electron chi connectivity index (χ4n) is 3.59. The van der Waals surface area contributed by atoms with Gasteiger partial charge in [-0.1, -0.05) is 23.7 Å². The van der Waals surface area contributed by atoms with Crippen molar-refractivity contribution in [1.82, 2.24) is 9.21 Å². The van der Waals surface area contributed by atoms with E-state index in [4.69, 9.17) is 16.3 Å². The molecule has 0 N–H and O–H groups in total. The molecule has 0 radical (unpaired) electrons. The van der Waals surface area contributed by atoms with E-state index >= 15 is 0 Å². The van der Waals surface area contributed by atoms with Gasteiger partial charge in [-0.05, 0) is 48.7 Å². The van der Waals surface area contributed by atoms with E-state index in [1.54, 1.807) is 11.0 Å². The van der Waals surface area contributed by atoms with E-state index in [-0.39, 0.29) is 27.5 Å². The molecule has 1 saturated heterocycles. The molecule has 0 aromatic heterocycles. The second kappa shape index (κ2) is 10.2. The minimum atomic E-state index is -3.78. The molecule has 0 aliphatic carbocycles. The number of benzene rings is 2. The number of hydrogen-bond donors (Lipinski definition) is 0. The van der Waals surface area contributed by atoms with Gasteiger partial charge in [0.25, 0.3) is 5.91 Å². The predicted molar refractivity (Wildman–Crippen MR) is 127 cm³/mol. The minimum absolute atomic E-state index is 0.0303. The lowest BCUT2D eigenvalue weighted by Gasteiger charge is -2.26. The average molecular weight is 480 g/mol. The van der Waals surface area contributed by atoms with Gasteiger partial charge >= 0.3 is 0 Å². The van der Waals surface area contributed by atoms with Gasteiger partial charge in [0.05, 0.1) is 11.1 Å². The first-order chi connectivity index (χ1) is 15.1. The fourth-order valence-corrected chi connectivity index (χ4v) is 4.98. The second-order valence-electron chi connectivity index (χ2n) is 8.31. The lowest BCUT2D eigenvalue weighted by molar-refractivity contribution is 0.0507. The van der Waals surface area contributed by atoms with Gasteiger partial charge in [-0.3, -0.25) is 4.79 Å². The van der Waals surface area contributed by atoms with Crippen molar-refractivity contribution in [3.05, 3.63) is 58.6 Å². The fraction of sp³-hybridized carbons (Fsp3) is 0.435. The van der Waals surface area contributed by atoms with Crippen molar-refractivity contribution in [3.8, 4) is 0 Å². The lowest BCUT2D eigenvalue weighted by atomic mass is 10.1. The smallest absolute Gasteiger partial charge is 0.254 e. The van der Waals surface area contributed by atoms with E-state index in [0.29, 0.717) is 19.7 Å². The van der Waals surface area contributed by atoms with Crippen LogP contribution in [0.5, 0.6) is 0 Å². The molecule has 1 aliphatic heterocycles. The van der Waals surface area contributed by atoms with Crippen molar-refractivity contribution >= 4 is 33.2 Å². The molecule has 0 unspecified atom stereocenters. The minimum Gasteiger partial charge on any atom is -0.378 e. The Morgan fingerprint density at radius 3 is 2.34 bits per heavy atom. The molecule has 9 heteroatoms. The molecule has 1 atom stereocenters. The SMILES string of the molecule is CN(C)c1ccc(CN(C[C@@H]2CCCO2)C(=O)c2ccc(Cl)c(S(=O)(=O)N(C)C)c2)cc1. The molecule has 0 saturated carbocycles. The molecule has 0 spiro atoms. The summed E-state index contributed by atoms with van der Waals surface area (Å²) in [6, 6.07) is 12.4. The Bertz CT molecular complexity index is 1050. The third-order valence-corrected chi connectivity index (χ3v) is 7.79. The second-order valence-corrected chi connectivity index (χ2v) is 10.8. The maximum Gasteiger partial charge on any atom is 0.254 e. The van der Waals surface area contributed by atoms with Gasteiger partial charge in [-0.2, -0.15) is 0 Å². The number of hydrogen-bond acceptors (Lipinski definition) is 5. The number of halogens is 1. The number of rotatable bonds is 8. The molecule has 32 heavy (non-hydrogen) atoms. The van der Waals surface area contributed by atoms with Crippen molar-refractivity contribution in [2.24, 2.45) is 0 Å². The zero-order valence-corrected chi connectivity index (χ0v) is 20.5. The molecule has 1 fully saturated rings. The topological polar surface area (TPSA) is 70.2 Å². The summed E-state index contributed by atoms with van der Waals surface area (Å²) in [5.41, 5.74) is 2.33. The van der Waals surface area contributed by atoms with Crippen LogP contribution < -0.4 is 4.90 Å². The Balaban J connectivity index is 1.91. The highest BCUT2D eigenvalue weighted by atomic mass is 35.5. The van der Waals surface area contributed by atoms with Gasteiger partial charge in [0.1, 0.15) is 4.90 Å². The first-order valence-corrected chi connectivity index (χ1v) is 12.3. The third-order valence-electron chi connectivity index (χ3n) is 5.50. The third kappa shape index (κ3) is 5.61. The van der Waals surface area contributed by atoms with Crippen molar-refractivity contribution in [1.29, 1.82) is 0 Å². The molecule has 1 aliphatic rings. The van der Waals surface area contributed by atoms with Crippen molar-refractivity contribution < 1.29 is 17.9 Å². The Labute approximate surface area is 195 Å². The highest BCUT2D eigenvalue weighted by molar-refractivity contribution is 7.89. The molecule has 0 bridgehead atoms. The van der Waals surface area contributed by atoms with E-state index < -0.39 is 10.0 Å². The molecular formula is C23H30ClN3O4S. The number of ether oxygens (including phenoxy) is 1. The Morgan fingerprint density at radius 2 is 1.78 bits per heavy atom. The molecule has 174 valence electrons. The quantitative estimate of drug-likeness (QED) is 0.579. The van der Waals surface area contributed by atoms with Crippen LogP contribution >= 0.6 is 11.6 Å². The highest BCUT2D eigenvalue weighted by Gasteiger charge is 2.27. The summed E-state index contributed by atoms with van der Waals surface area (Å²) >= 11 is 6.16. The number of nitrogens with zero attached hydrogens (tertiary/aromatic N) is 3. The zero-order chi connectivity index (χ0) is 23.5. The lowest BCUT2D eigenvalue weighted by Crippen LogP contribution is -2.37. The van der Waals surface area contributed by atoms with Gasteiger partial charge in [0, 0.05) is 59.1 Å². The monoisotopic (exact) mass is 479 g/mol. The first-order valence-electron chi connectivity index (χ1n) is 10.5. The molecule has 3 rings (SSSR count). The van der Waals surface area contributed by atoms with Crippen molar-refractivity contribution in [2.45, 2.75) is 30.4 Å². The average Bonchev–Trinajstić information content (AvgIpc) is 3.26. The largest absolute Gasteiger partial charge is 0.378 e. The summed E-state index contributed by atoms with van der Waals surface area (Å²) in [6.07, 6.45) is 1.83. The molecule has 2 aromatic carbocycles. The van der Waals surface area contributed by atoms with Crippen LogP contribution in [-0.4, -0.2) is 71.0 Å². The summed E-state index contributed by atoms with van der Waals surface area (Å²) in [4.78, 5) is 17.1. The number of carbonyl (C=O) groups excluding carboxylic acids is 1. The molecule has 1 heterocycles. The van der Waals surface area contributed by atoms with Crippen molar-refractivity contribution in [3.63, 3.8) is 0 Å². The van der Waals surface area contributed by atoms with Gasteiger partial charge in [-0.25, -0.2) is 12.7 Å². The number of anilines is 1. The van der Waals surface area contributed by atoms with Gasteiger partial charge in [0.15, 0.2) is 0 Å². The Hall–Kier alpha value is -2.13. The van der Waals surface area contributed by atoms with Gasteiger partial charge < -0.3 is 14.5 Å². The summed E-state index contributed by atoms with van der Waals surface area (Å²) in [7, 11) is 3.03. The van der Waals surface area contributed by atoms with E-state index in [1.165, 1.54) is 26.2 Å². The maximum atomic E-state index is 13.5. The van der Waals surface area contributed by atoms with Crippen LogP contribution in [0.15, 0.2) is 47.4 Å². The summed E-state index contributed by atoms with van der Waals surface area (Å²) < 4.78 is 32.1. The molecule has 2 aromatic rings. The van der Waals surface area contributed by atoms with Crippen LogP contribution in [0, 0.1) is 0 Å². The predicted octanol–water partition coefficient (Wildman–Crippen LogP) is 3.48. The van der Waals surface area contributed by atoms with Crippen LogP contribution in [-0.2, 0) is 21.3 Å². The molecular weight excluding hydrogens is 450 g/mol. The molecule has 7 nitrogen and oxygen atoms in total. The van der Waals surface area contributed by atoms with Crippen LogP contribution in [0.4, 0.5) is 5.69 Å². The summed E-state index contributed by atoms with van der Waals surface area (Å²) in [5, 5.41) is 0.0835. The highest BCUT2D eigenvalue weighted by Crippen LogP contribution is 2.26. The maximum absolute atomic E-state index is 13.5. The number of amides is 1. The van der Waals surface area contributed by atoms with E-state index in [1.807, 2.05) is 43.3 Å². The van der Waals surface area contributed by atoms with Crippen LogP contribution in [0.2, 0.25) is 5.02 Å². The van der Waals surface area contributed by atoms with Gasteiger partial charge in [0.2, 0.25) is 10.0 Å². The first kappa shape index (κ1) is 24.5.